The van der Waals surface area contributed by atoms with Gasteiger partial charge in [-0.2, -0.15) is 0 Å². The summed E-state index contributed by atoms with van der Waals surface area (Å²) in [5, 5.41) is 3.24. The molecule has 0 aliphatic rings. The quantitative estimate of drug-likeness (QED) is 0.604. The molecule has 2 heteroatoms. The van der Waals surface area contributed by atoms with Gasteiger partial charge in [-0.05, 0) is 53.8 Å². The lowest BCUT2D eigenvalue weighted by Gasteiger charge is -2.27. The lowest BCUT2D eigenvalue weighted by atomic mass is 10.1. The highest BCUT2D eigenvalue weighted by Crippen LogP contribution is 2.11. The first kappa shape index (κ1) is 18.1. The molecule has 0 amide bonds. The van der Waals surface area contributed by atoms with Crippen LogP contribution in [0.5, 0.6) is 0 Å². The summed E-state index contributed by atoms with van der Waals surface area (Å²) in [6.45, 7) is 12.5. The van der Waals surface area contributed by atoms with E-state index in [0.717, 1.165) is 25.1 Å². The number of hydrogen-bond acceptors (Lipinski definition) is 2. The fourth-order valence-corrected chi connectivity index (χ4v) is 2.11. The molecule has 0 spiro atoms. The van der Waals surface area contributed by atoms with Gasteiger partial charge in [0, 0.05) is 12.6 Å². The largest absolute Gasteiger partial charge is 0.320 e. The summed E-state index contributed by atoms with van der Waals surface area (Å²) in [5.41, 5.74) is 2.49. The van der Waals surface area contributed by atoms with Crippen LogP contribution in [-0.4, -0.2) is 38.1 Å². The maximum Gasteiger partial charge on any atom is 0.0102 e. The van der Waals surface area contributed by atoms with Crippen molar-refractivity contribution in [3.8, 4) is 0 Å². The Morgan fingerprint density at radius 3 is 2.53 bits per heavy atom. The van der Waals surface area contributed by atoms with Crippen LogP contribution in [0.3, 0.4) is 0 Å². The van der Waals surface area contributed by atoms with Crippen molar-refractivity contribution in [3.63, 3.8) is 0 Å². The van der Waals surface area contributed by atoms with Crippen LogP contribution < -0.4 is 5.32 Å². The van der Waals surface area contributed by atoms with Crippen LogP contribution >= 0.6 is 0 Å². The second-order valence-corrected chi connectivity index (χ2v) is 5.23. The Hall–Kier alpha value is -0.860. The third-order valence-corrected chi connectivity index (χ3v) is 3.53. The standard InChI is InChI=1S/C17H32N2/c1-7-16(10-9-15(3)4)12-14-19(6)17(8-2)11-13-18-5/h7,9-10,17-18H,3,8,11-14H2,1-2,4-6H3/b10-9-,16-7?. The molecule has 1 unspecified atom stereocenters. The number of hydrogen-bond donors (Lipinski definition) is 1. The summed E-state index contributed by atoms with van der Waals surface area (Å²) in [6.07, 6.45) is 10.0. The van der Waals surface area contributed by atoms with E-state index in [1.807, 2.05) is 14.0 Å². The molecule has 0 aromatic carbocycles. The van der Waals surface area contributed by atoms with E-state index < -0.39 is 0 Å². The predicted molar refractivity (Wildman–Crippen MR) is 87.6 cm³/mol. The summed E-state index contributed by atoms with van der Waals surface area (Å²) in [5.74, 6) is 0. The van der Waals surface area contributed by atoms with Crippen molar-refractivity contribution in [2.75, 3.05) is 27.2 Å². The molecule has 0 aliphatic heterocycles. The fraction of sp³-hybridized carbons (Fsp3) is 0.647. The van der Waals surface area contributed by atoms with Crippen molar-refractivity contribution in [2.24, 2.45) is 0 Å². The lowest BCUT2D eigenvalue weighted by molar-refractivity contribution is 0.226. The zero-order valence-corrected chi connectivity index (χ0v) is 13.5. The van der Waals surface area contributed by atoms with Crippen molar-refractivity contribution in [1.29, 1.82) is 0 Å². The number of nitrogens with one attached hydrogen (secondary N) is 1. The Balaban J connectivity index is 4.23. The highest BCUT2D eigenvalue weighted by atomic mass is 15.1. The molecule has 0 bridgehead atoms. The van der Waals surface area contributed by atoms with Gasteiger partial charge in [0.25, 0.3) is 0 Å². The summed E-state index contributed by atoms with van der Waals surface area (Å²) >= 11 is 0. The van der Waals surface area contributed by atoms with Gasteiger partial charge in [-0.25, -0.2) is 0 Å². The number of nitrogens with zero attached hydrogens (tertiary/aromatic N) is 1. The Labute approximate surface area is 120 Å². The Bertz CT molecular complexity index is 302. The first-order valence-corrected chi connectivity index (χ1v) is 7.38. The molecule has 110 valence electrons. The highest BCUT2D eigenvalue weighted by Gasteiger charge is 2.11. The lowest BCUT2D eigenvalue weighted by Crippen LogP contribution is -2.34. The molecule has 0 aromatic heterocycles. The second kappa shape index (κ2) is 11.0. The summed E-state index contributed by atoms with van der Waals surface area (Å²) in [4.78, 5) is 2.48. The third kappa shape index (κ3) is 8.79. The van der Waals surface area contributed by atoms with Crippen LogP contribution in [0.2, 0.25) is 0 Å². The van der Waals surface area contributed by atoms with Gasteiger partial charge in [0.1, 0.15) is 0 Å². The van der Waals surface area contributed by atoms with Crippen LogP contribution in [0.4, 0.5) is 0 Å². The molecule has 0 heterocycles. The molecular weight excluding hydrogens is 232 g/mol. The van der Waals surface area contributed by atoms with Gasteiger partial charge in [0.15, 0.2) is 0 Å². The van der Waals surface area contributed by atoms with E-state index in [9.17, 15) is 0 Å². The van der Waals surface area contributed by atoms with Crippen LogP contribution in [0.25, 0.3) is 0 Å². The van der Waals surface area contributed by atoms with E-state index >= 15 is 0 Å². The smallest absolute Gasteiger partial charge is 0.0102 e. The molecule has 0 saturated heterocycles. The van der Waals surface area contributed by atoms with Gasteiger partial charge in [-0.3, -0.25) is 0 Å². The molecule has 19 heavy (non-hydrogen) atoms. The van der Waals surface area contributed by atoms with Crippen molar-refractivity contribution >= 4 is 0 Å². The van der Waals surface area contributed by atoms with E-state index in [-0.39, 0.29) is 0 Å². The summed E-state index contributed by atoms with van der Waals surface area (Å²) in [6, 6.07) is 0.677. The zero-order valence-electron chi connectivity index (χ0n) is 13.5. The van der Waals surface area contributed by atoms with Crippen LogP contribution in [0, 0.1) is 0 Å². The molecular formula is C17H32N2. The molecule has 2 nitrogen and oxygen atoms in total. The van der Waals surface area contributed by atoms with Crippen molar-refractivity contribution < 1.29 is 0 Å². The monoisotopic (exact) mass is 264 g/mol. The van der Waals surface area contributed by atoms with Gasteiger partial charge >= 0.3 is 0 Å². The Kier molecular flexibility index (Phi) is 10.5. The molecule has 0 aromatic rings. The van der Waals surface area contributed by atoms with Crippen LogP contribution in [-0.2, 0) is 0 Å². The maximum atomic E-state index is 3.90. The van der Waals surface area contributed by atoms with E-state index in [4.69, 9.17) is 0 Å². The first-order chi connectivity index (χ1) is 9.04. The molecule has 0 saturated carbocycles. The third-order valence-electron chi connectivity index (χ3n) is 3.53. The molecule has 0 rings (SSSR count). The molecule has 0 fully saturated rings. The average molecular weight is 264 g/mol. The molecule has 1 N–H and O–H groups in total. The van der Waals surface area contributed by atoms with Gasteiger partial charge in [0.05, 0.1) is 0 Å². The minimum Gasteiger partial charge on any atom is -0.320 e. The van der Waals surface area contributed by atoms with E-state index in [0.29, 0.717) is 6.04 Å². The normalized spacial score (nSPS) is 14.3. The Morgan fingerprint density at radius 2 is 2.05 bits per heavy atom. The van der Waals surface area contributed by atoms with Gasteiger partial charge in [0.2, 0.25) is 0 Å². The van der Waals surface area contributed by atoms with E-state index in [1.165, 1.54) is 18.4 Å². The van der Waals surface area contributed by atoms with Crippen molar-refractivity contribution in [3.05, 3.63) is 36.0 Å². The topological polar surface area (TPSA) is 15.3 Å². The molecule has 0 aliphatic carbocycles. The fourth-order valence-electron chi connectivity index (χ4n) is 2.11. The summed E-state index contributed by atoms with van der Waals surface area (Å²) < 4.78 is 0. The van der Waals surface area contributed by atoms with Crippen LogP contribution in [0.15, 0.2) is 36.0 Å². The first-order valence-electron chi connectivity index (χ1n) is 7.38. The zero-order chi connectivity index (χ0) is 14.7. The minimum absolute atomic E-state index is 0.677. The number of allylic oxidation sites excluding steroid dienone is 4. The van der Waals surface area contributed by atoms with Crippen molar-refractivity contribution in [2.45, 2.75) is 46.1 Å². The van der Waals surface area contributed by atoms with E-state index in [1.54, 1.807) is 0 Å². The summed E-state index contributed by atoms with van der Waals surface area (Å²) in [7, 11) is 4.26. The number of rotatable bonds is 10. The van der Waals surface area contributed by atoms with Gasteiger partial charge in [-0.1, -0.05) is 42.9 Å². The highest BCUT2D eigenvalue weighted by molar-refractivity contribution is 5.24. The van der Waals surface area contributed by atoms with E-state index in [2.05, 4.69) is 55.9 Å². The predicted octanol–water partition coefficient (Wildman–Crippen LogP) is 3.78. The maximum absolute atomic E-state index is 3.90. The van der Waals surface area contributed by atoms with Gasteiger partial charge < -0.3 is 10.2 Å². The second-order valence-electron chi connectivity index (χ2n) is 5.23. The SMILES string of the molecule is C=C(C)/C=C\C(=CC)CCN(C)C(CC)CCNC. The molecule has 1 atom stereocenters. The van der Waals surface area contributed by atoms with Crippen molar-refractivity contribution in [1.82, 2.24) is 10.2 Å². The molecule has 0 radical (unpaired) electrons. The minimum atomic E-state index is 0.677. The van der Waals surface area contributed by atoms with Crippen LogP contribution in [0.1, 0.15) is 40.0 Å². The Morgan fingerprint density at radius 1 is 1.37 bits per heavy atom. The van der Waals surface area contributed by atoms with Gasteiger partial charge in [-0.15, -0.1) is 0 Å². The average Bonchev–Trinajstić information content (AvgIpc) is 2.39.